The molecule has 0 fully saturated rings. The van der Waals surface area contributed by atoms with Crippen LogP contribution < -0.4 is 5.32 Å². The summed E-state index contributed by atoms with van der Waals surface area (Å²) in [4.78, 5) is 0. The number of halogens is 1. The van der Waals surface area contributed by atoms with Crippen molar-refractivity contribution in [2.24, 2.45) is 0 Å². The van der Waals surface area contributed by atoms with E-state index in [9.17, 15) is 0 Å². The Hall–Kier alpha value is -0.810. The van der Waals surface area contributed by atoms with Gasteiger partial charge in [-0.2, -0.15) is 0 Å². The fourth-order valence-electron chi connectivity index (χ4n) is 1.76. The molecule has 1 aromatic heterocycles. The van der Waals surface area contributed by atoms with Gasteiger partial charge in [0.15, 0.2) is 0 Å². The van der Waals surface area contributed by atoms with Crippen LogP contribution in [0.25, 0.3) is 0 Å². The Morgan fingerprint density at radius 3 is 2.75 bits per heavy atom. The van der Waals surface area contributed by atoms with E-state index in [1.165, 1.54) is 14.7 Å². The molecule has 0 bridgehead atoms. The second-order valence-electron chi connectivity index (χ2n) is 3.57. The highest BCUT2D eigenvalue weighted by Crippen LogP contribution is 2.26. The third-order valence-electron chi connectivity index (χ3n) is 2.50. The number of hydrogen-bond acceptors (Lipinski definition) is 2. The van der Waals surface area contributed by atoms with Crippen LogP contribution in [0, 0.1) is 3.57 Å². The molecule has 1 unspecified atom stereocenters. The summed E-state index contributed by atoms with van der Waals surface area (Å²) in [6.07, 6.45) is 3.52. The molecule has 0 aliphatic rings. The molecule has 84 valence electrons. The first-order valence-corrected chi connectivity index (χ1v) is 6.40. The molecule has 2 nitrogen and oxygen atoms in total. The minimum absolute atomic E-state index is 0.219. The predicted octanol–water partition coefficient (Wildman–Crippen LogP) is 3.58. The first-order chi connectivity index (χ1) is 7.83. The van der Waals surface area contributed by atoms with E-state index in [4.69, 9.17) is 4.42 Å². The highest BCUT2D eigenvalue weighted by Gasteiger charge is 2.15. The first kappa shape index (κ1) is 11.7. The smallest absolute Gasteiger partial charge is 0.0953 e. The predicted molar refractivity (Wildman–Crippen MR) is 73.4 cm³/mol. The normalized spacial score (nSPS) is 12.6. The summed E-state index contributed by atoms with van der Waals surface area (Å²) in [5, 5.41) is 3.48. The molecule has 0 saturated heterocycles. The molecule has 0 spiro atoms. The third kappa shape index (κ3) is 2.47. The van der Waals surface area contributed by atoms with Crippen molar-refractivity contribution in [1.82, 2.24) is 5.32 Å². The maximum absolute atomic E-state index is 5.16. The second-order valence-corrected chi connectivity index (χ2v) is 4.73. The lowest BCUT2D eigenvalue weighted by molar-refractivity contribution is 0.552. The zero-order chi connectivity index (χ0) is 11.4. The van der Waals surface area contributed by atoms with Crippen molar-refractivity contribution >= 4 is 22.6 Å². The zero-order valence-electron chi connectivity index (χ0n) is 9.11. The van der Waals surface area contributed by atoms with Crippen LogP contribution in [-0.4, -0.2) is 6.54 Å². The first-order valence-electron chi connectivity index (χ1n) is 5.33. The molecule has 3 heteroatoms. The Kier molecular flexibility index (Phi) is 4.01. The lowest BCUT2D eigenvalue weighted by Crippen LogP contribution is -2.22. The minimum Gasteiger partial charge on any atom is -0.472 e. The number of rotatable bonds is 4. The van der Waals surface area contributed by atoms with E-state index < -0.39 is 0 Å². The maximum Gasteiger partial charge on any atom is 0.0953 e. The van der Waals surface area contributed by atoms with Crippen LogP contribution in [0.15, 0.2) is 47.3 Å². The quantitative estimate of drug-likeness (QED) is 0.869. The summed E-state index contributed by atoms with van der Waals surface area (Å²) < 4.78 is 6.43. The minimum atomic E-state index is 0.219. The summed E-state index contributed by atoms with van der Waals surface area (Å²) >= 11 is 2.37. The molecule has 0 radical (unpaired) electrons. The van der Waals surface area contributed by atoms with Crippen LogP contribution in [0.3, 0.4) is 0 Å². The number of furan rings is 1. The molecule has 0 amide bonds. The van der Waals surface area contributed by atoms with E-state index in [0.29, 0.717) is 0 Å². The molecule has 2 rings (SSSR count). The molecule has 1 atom stereocenters. The number of benzene rings is 1. The third-order valence-corrected chi connectivity index (χ3v) is 3.48. The van der Waals surface area contributed by atoms with Gasteiger partial charge in [-0.25, -0.2) is 0 Å². The van der Waals surface area contributed by atoms with E-state index >= 15 is 0 Å². The lowest BCUT2D eigenvalue weighted by Gasteiger charge is -2.18. The van der Waals surface area contributed by atoms with E-state index in [2.05, 4.69) is 59.1 Å². The summed E-state index contributed by atoms with van der Waals surface area (Å²) in [5.41, 5.74) is 2.47. The van der Waals surface area contributed by atoms with Crippen LogP contribution in [-0.2, 0) is 0 Å². The number of nitrogens with one attached hydrogen (secondary N) is 1. The Balaban J connectivity index is 2.37. The topological polar surface area (TPSA) is 25.2 Å². The van der Waals surface area contributed by atoms with Crippen molar-refractivity contribution < 1.29 is 4.42 Å². The summed E-state index contributed by atoms with van der Waals surface area (Å²) in [6.45, 7) is 3.05. The SMILES string of the molecule is CCNC(c1ccoc1)c1ccccc1I. The molecule has 2 aromatic rings. The largest absolute Gasteiger partial charge is 0.472 e. The van der Waals surface area contributed by atoms with Gasteiger partial charge in [0.05, 0.1) is 18.6 Å². The van der Waals surface area contributed by atoms with Gasteiger partial charge in [0, 0.05) is 9.13 Å². The molecule has 0 aliphatic heterocycles. The van der Waals surface area contributed by atoms with Gasteiger partial charge in [-0.15, -0.1) is 0 Å². The molecular weight excluding hydrogens is 313 g/mol. The zero-order valence-corrected chi connectivity index (χ0v) is 11.3. The Labute approximate surface area is 109 Å². The van der Waals surface area contributed by atoms with Gasteiger partial charge in [-0.1, -0.05) is 25.1 Å². The molecule has 1 heterocycles. The van der Waals surface area contributed by atoms with Crippen LogP contribution in [0.5, 0.6) is 0 Å². The van der Waals surface area contributed by atoms with E-state index in [0.717, 1.165) is 6.54 Å². The van der Waals surface area contributed by atoms with E-state index in [1.54, 1.807) is 12.5 Å². The van der Waals surface area contributed by atoms with Gasteiger partial charge in [0.1, 0.15) is 0 Å². The summed E-state index contributed by atoms with van der Waals surface area (Å²) in [7, 11) is 0. The fourth-order valence-corrected chi connectivity index (χ4v) is 2.46. The van der Waals surface area contributed by atoms with Gasteiger partial charge in [-0.05, 0) is 46.8 Å². The maximum atomic E-state index is 5.16. The average Bonchev–Trinajstić information content (AvgIpc) is 2.80. The molecular formula is C13H14INO. The van der Waals surface area contributed by atoms with Gasteiger partial charge >= 0.3 is 0 Å². The Morgan fingerprint density at radius 1 is 1.31 bits per heavy atom. The van der Waals surface area contributed by atoms with Gasteiger partial charge in [0.2, 0.25) is 0 Å². The van der Waals surface area contributed by atoms with Gasteiger partial charge in [-0.3, -0.25) is 0 Å². The van der Waals surface area contributed by atoms with Crippen LogP contribution in [0.4, 0.5) is 0 Å². The van der Waals surface area contributed by atoms with Crippen molar-refractivity contribution in [3.63, 3.8) is 0 Å². The monoisotopic (exact) mass is 327 g/mol. The molecule has 1 N–H and O–H groups in total. The fraction of sp³-hybridized carbons (Fsp3) is 0.231. The van der Waals surface area contributed by atoms with Gasteiger partial charge < -0.3 is 9.73 Å². The molecule has 0 aliphatic carbocycles. The molecule has 16 heavy (non-hydrogen) atoms. The second kappa shape index (κ2) is 5.50. The van der Waals surface area contributed by atoms with E-state index in [1.807, 2.05) is 6.07 Å². The Bertz CT molecular complexity index is 439. The Morgan fingerprint density at radius 2 is 2.12 bits per heavy atom. The van der Waals surface area contributed by atoms with Crippen molar-refractivity contribution in [2.75, 3.05) is 6.54 Å². The lowest BCUT2D eigenvalue weighted by atomic mass is 10.0. The van der Waals surface area contributed by atoms with Crippen molar-refractivity contribution in [3.05, 3.63) is 57.6 Å². The summed E-state index contributed by atoms with van der Waals surface area (Å²) in [5.74, 6) is 0. The van der Waals surface area contributed by atoms with E-state index in [-0.39, 0.29) is 6.04 Å². The standard InChI is InChI=1S/C13H14INO/c1-2-15-13(10-7-8-16-9-10)11-5-3-4-6-12(11)14/h3-9,13,15H,2H2,1H3. The molecule has 0 saturated carbocycles. The van der Waals surface area contributed by atoms with Crippen LogP contribution in [0.1, 0.15) is 24.1 Å². The average molecular weight is 327 g/mol. The highest BCUT2D eigenvalue weighted by atomic mass is 127. The van der Waals surface area contributed by atoms with Crippen molar-refractivity contribution in [1.29, 1.82) is 0 Å². The molecule has 1 aromatic carbocycles. The van der Waals surface area contributed by atoms with Crippen molar-refractivity contribution in [3.8, 4) is 0 Å². The van der Waals surface area contributed by atoms with Crippen LogP contribution in [0.2, 0.25) is 0 Å². The van der Waals surface area contributed by atoms with Gasteiger partial charge in [0.25, 0.3) is 0 Å². The van der Waals surface area contributed by atoms with Crippen molar-refractivity contribution in [2.45, 2.75) is 13.0 Å². The van der Waals surface area contributed by atoms with Crippen LogP contribution >= 0.6 is 22.6 Å². The number of hydrogen-bond donors (Lipinski definition) is 1. The highest BCUT2D eigenvalue weighted by molar-refractivity contribution is 14.1. The summed E-state index contributed by atoms with van der Waals surface area (Å²) in [6, 6.07) is 10.6.